The molecule has 0 aliphatic carbocycles. The van der Waals surface area contributed by atoms with Gasteiger partial charge in [0.1, 0.15) is 29.5 Å². The topological polar surface area (TPSA) is 104 Å². The van der Waals surface area contributed by atoms with Crippen molar-refractivity contribution >= 4 is 33.3 Å². The molecule has 7 aromatic rings. The number of aryl methyl sites for hydroxylation is 2. The van der Waals surface area contributed by atoms with Gasteiger partial charge in [-0.25, -0.2) is 4.79 Å². The van der Waals surface area contributed by atoms with E-state index in [1.165, 1.54) is 0 Å². The molecule has 4 aromatic carbocycles. The largest absolute Gasteiger partial charge is 0.493 e. The Labute approximate surface area is 314 Å². The number of carboxylic acid groups (broad SMARTS) is 1. The average Bonchev–Trinajstić information content (AvgIpc) is 3.68. The number of carbonyl (C=O) groups is 1. The normalized spacial score (nSPS) is 13.1. The smallest absolute Gasteiger partial charge is 0.352 e. The number of benzene rings is 4. The van der Waals surface area contributed by atoms with E-state index in [0.717, 1.165) is 98.8 Å². The Bertz CT molecular complexity index is 2410. The number of fused-ring (bicyclic) bond motifs is 2. The van der Waals surface area contributed by atoms with Crippen LogP contribution in [0.5, 0.6) is 11.5 Å². The van der Waals surface area contributed by atoms with Crippen LogP contribution in [0.25, 0.3) is 32.8 Å². The number of rotatable bonds is 13. The molecule has 0 radical (unpaired) electrons. The van der Waals surface area contributed by atoms with Crippen LogP contribution in [-0.2, 0) is 31.4 Å². The van der Waals surface area contributed by atoms with Crippen molar-refractivity contribution in [1.29, 1.82) is 0 Å². The van der Waals surface area contributed by atoms with Gasteiger partial charge in [0, 0.05) is 72.4 Å². The van der Waals surface area contributed by atoms with Gasteiger partial charge in [0.15, 0.2) is 0 Å². The van der Waals surface area contributed by atoms with E-state index in [0.29, 0.717) is 26.0 Å². The third kappa shape index (κ3) is 7.00. The van der Waals surface area contributed by atoms with Crippen molar-refractivity contribution in [3.63, 3.8) is 0 Å². The number of ether oxygens (including phenoxy) is 3. The zero-order chi connectivity index (χ0) is 37.0. The van der Waals surface area contributed by atoms with Crippen molar-refractivity contribution < 1.29 is 24.1 Å². The van der Waals surface area contributed by atoms with E-state index in [-0.39, 0.29) is 12.3 Å². The quantitative estimate of drug-likeness (QED) is 0.119. The van der Waals surface area contributed by atoms with Crippen LogP contribution in [0.3, 0.4) is 0 Å². The summed E-state index contributed by atoms with van der Waals surface area (Å²) >= 11 is 0. The summed E-state index contributed by atoms with van der Waals surface area (Å²) in [5.41, 5.74) is 7.52. The number of anilines is 1. The Balaban J connectivity index is 1.14. The Hall–Kier alpha value is -6.13. The second-order valence-electron chi connectivity index (χ2n) is 13.6. The molecule has 1 aliphatic heterocycles. The molecule has 0 atom stereocenters. The molecule has 54 heavy (non-hydrogen) atoms. The van der Waals surface area contributed by atoms with Crippen molar-refractivity contribution in [3.8, 4) is 22.6 Å². The predicted octanol–water partition coefficient (Wildman–Crippen LogP) is 8.07. The van der Waals surface area contributed by atoms with Crippen LogP contribution in [-0.4, -0.2) is 63.3 Å². The number of carboxylic acids is 1. The Kier molecular flexibility index (Phi) is 10.00. The average molecular weight is 722 g/mol. The standard InChI is InChI=1S/C44H43N5O5/c1-30-41(39(46-47(30)2)29-54-34-19-17-33(18-20-34)48-22-25-52-26-23-48)38-14-6-13-36-37(15-8-24-53-40-16-5-11-32-10-3-4-12-35(32)40)43(44(50)51)49(42(36)38)28-31-9-7-21-45-27-31/h3-7,9-14,16-21,27H,8,15,22-26,28-29H2,1-2H3,(H,50,51). The van der Waals surface area contributed by atoms with Crippen LogP contribution < -0.4 is 14.4 Å². The number of morpholine rings is 1. The molecule has 1 aliphatic rings. The number of pyridine rings is 1. The molecule has 8 rings (SSSR count). The lowest BCUT2D eigenvalue weighted by Crippen LogP contribution is -2.36. The summed E-state index contributed by atoms with van der Waals surface area (Å²) in [4.78, 5) is 19.9. The van der Waals surface area contributed by atoms with Gasteiger partial charge < -0.3 is 28.8 Å². The monoisotopic (exact) mass is 721 g/mol. The van der Waals surface area contributed by atoms with Crippen LogP contribution in [0.2, 0.25) is 0 Å². The van der Waals surface area contributed by atoms with E-state index >= 15 is 0 Å². The highest BCUT2D eigenvalue weighted by molar-refractivity contribution is 6.04. The molecule has 274 valence electrons. The van der Waals surface area contributed by atoms with E-state index in [2.05, 4.69) is 46.3 Å². The summed E-state index contributed by atoms with van der Waals surface area (Å²) in [6.07, 6.45) is 4.67. The first kappa shape index (κ1) is 34.9. The first-order valence-corrected chi connectivity index (χ1v) is 18.4. The third-order valence-corrected chi connectivity index (χ3v) is 10.3. The summed E-state index contributed by atoms with van der Waals surface area (Å²) in [6.45, 7) is 6.28. The van der Waals surface area contributed by atoms with Gasteiger partial charge >= 0.3 is 5.97 Å². The summed E-state index contributed by atoms with van der Waals surface area (Å²) < 4.78 is 22.0. The summed E-state index contributed by atoms with van der Waals surface area (Å²) in [7, 11) is 1.93. The third-order valence-electron chi connectivity index (χ3n) is 10.3. The van der Waals surface area contributed by atoms with Crippen molar-refractivity contribution in [1.82, 2.24) is 19.3 Å². The molecule has 1 N–H and O–H groups in total. The number of hydrogen-bond acceptors (Lipinski definition) is 7. The molecule has 3 aromatic heterocycles. The minimum absolute atomic E-state index is 0.248. The maximum absolute atomic E-state index is 13.3. The molecular formula is C44H43N5O5. The fourth-order valence-corrected chi connectivity index (χ4v) is 7.62. The van der Waals surface area contributed by atoms with Gasteiger partial charge in [0.2, 0.25) is 0 Å². The minimum atomic E-state index is -0.974. The number of aromatic nitrogens is 4. The minimum Gasteiger partial charge on any atom is -0.493 e. The predicted molar refractivity (Wildman–Crippen MR) is 211 cm³/mol. The van der Waals surface area contributed by atoms with Crippen LogP contribution >= 0.6 is 0 Å². The Morgan fingerprint density at radius 3 is 2.46 bits per heavy atom. The first-order valence-electron chi connectivity index (χ1n) is 18.4. The van der Waals surface area contributed by atoms with Crippen LogP contribution in [0.15, 0.2) is 109 Å². The zero-order valence-corrected chi connectivity index (χ0v) is 30.6. The van der Waals surface area contributed by atoms with Crippen molar-refractivity contribution in [2.75, 3.05) is 37.8 Å². The van der Waals surface area contributed by atoms with Gasteiger partial charge in [-0.15, -0.1) is 0 Å². The molecule has 10 heteroatoms. The van der Waals surface area contributed by atoms with Gasteiger partial charge in [0.05, 0.1) is 25.3 Å². The molecule has 4 heterocycles. The fourth-order valence-electron chi connectivity index (χ4n) is 7.62. The molecule has 0 saturated carbocycles. The molecule has 1 saturated heterocycles. The first-order chi connectivity index (χ1) is 26.5. The lowest BCUT2D eigenvalue weighted by molar-refractivity contribution is 0.0684. The zero-order valence-electron chi connectivity index (χ0n) is 30.6. The summed E-state index contributed by atoms with van der Waals surface area (Å²) in [5, 5.41) is 18.8. The van der Waals surface area contributed by atoms with Crippen LogP contribution in [0.4, 0.5) is 5.69 Å². The van der Waals surface area contributed by atoms with Gasteiger partial charge in [0.25, 0.3) is 0 Å². The SMILES string of the molecule is Cc1c(-c2cccc3c(CCCOc4cccc5ccccc45)c(C(=O)O)n(Cc4cccnc4)c23)c(COc2ccc(N3CCOCC3)cc2)nn1C. The lowest BCUT2D eigenvalue weighted by Gasteiger charge is -2.28. The van der Waals surface area contributed by atoms with E-state index in [4.69, 9.17) is 19.3 Å². The van der Waals surface area contributed by atoms with Crippen LogP contribution in [0, 0.1) is 6.92 Å². The number of para-hydroxylation sites is 1. The highest BCUT2D eigenvalue weighted by Gasteiger charge is 2.27. The highest BCUT2D eigenvalue weighted by Crippen LogP contribution is 2.39. The number of hydrogen-bond donors (Lipinski definition) is 1. The van der Waals surface area contributed by atoms with E-state index in [9.17, 15) is 9.90 Å². The maximum Gasteiger partial charge on any atom is 0.352 e. The lowest BCUT2D eigenvalue weighted by atomic mass is 9.98. The van der Waals surface area contributed by atoms with Gasteiger partial charge in [-0.3, -0.25) is 9.67 Å². The maximum atomic E-state index is 13.3. The second-order valence-corrected chi connectivity index (χ2v) is 13.6. The summed E-state index contributed by atoms with van der Waals surface area (Å²) in [5.74, 6) is 0.598. The van der Waals surface area contributed by atoms with Crippen molar-refractivity contribution in [2.24, 2.45) is 7.05 Å². The van der Waals surface area contributed by atoms with Crippen molar-refractivity contribution in [3.05, 3.63) is 138 Å². The summed E-state index contributed by atoms with van der Waals surface area (Å²) in [6, 6.07) is 32.3. The van der Waals surface area contributed by atoms with Gasteiger partial charge in [-0.1, -0.05) is 60.7 Å². The number of nitrogens with zero attached hydrogens (tertiary/aromatic N) is 5. The molecule has 0 bridgehead atoms. The molecule has 1 fully saturated rings. The van der Waals surface area contributed by atoms with Gasteiger partial charge in [-0.05, 0) is 72.7 Å². The van der Waals surface area contributed by atoms with Crippen LogP contribution in [0.1, 0.15) is 39.4 Å². The molecular weight excluding hydrogens is 679 g/mol. The van der Waals surface area contributed by atoms with E-state index in [1.807, 2.05) is 83.9 Å². The fraction of sp³-hybridized carbons (Fsp3) is 0.250. The molecule has 0 amide bonds. The second kappa shape index (κ2) is 15.5. The van der Waals surface area contributed by atoms with E-state index in [1.54, 1.807) is 12.4 Å². The Morgan fingerprint density at radius 2 is 1.67 bits per heavy atom. The van der Waals surface area contributed by atoms with Gasteiger partial charge in [-0.2, -0.15) is 5.10 Å². The molecule has 0 unspecified atom stereocenters. The van der Waals surface area contributed by atoms with E-state index < -0.39 is 5.97 Å². The molecule has 0 spiro atoms. The Morgan fingerprint density at radius 1 is 0.889 bits per heavy atom. The number of aromatic carboxylic acids is 1. The molecule has 10 nitrogen and oxygen atoms in total. The van der Waals surface area contributed by atoms with Crippen molar-refractivity contribution in [2.45, 2.75) is 32.9 Å². The highest BCUT2D eigenvalue weighted by atomic mass is 16.5.